The Balaban J connectivity index is 2.26. The summed E-state index contributed by atoms with van der Waals surface area (Å²) in [6.07, 6.45) is 4.54. The Hall–Kier alpha value is -0.970. The highest BCUT2D eigenvalue weighted by Crippen LogP contribution is 2.31. The van der Waals surface area contributed by atoms with Gasteiger partial charge in [0.2, 0.25) is 0 Å². The largest absolute Gasteiger partial charge is 0.373 e. The van der Waals surface area contributed by atoms with Crippen LogP contribution >= 0.6 is 11.8 Å². The van der Waals surface area contributed by atoms with Crippen molar-refractivity contribution >= 4 is 23.4 Å². The third-order valence-electron chi connectivity index (χ3n) is 3.36. The fourth-order valence-electron chi connectivity index (χ4n) is 2.41. The van der Waals surface area contributed by atoms with Crippen molar-refractivity contribution in [1.82, 2.24) is 9.97 Å². The first kappa shape index (κ1) is 13.5. The molecule has 1 aliphatic heterocycles. The monoisotopic (exact) mass is 266 g/mol. The molecule has 1 saturated heterocycles. The molecule has 18 heavy (non-hydrogen) atoms. The standard InChI is InChI=1S/C13H22N4S/c1-13(2)6-5-7-17(9-13)11-8-10(14-3)15-12(16-11)18-4/h8H,5-7,9H2,1-4H3,(H,14,15,16). The minimum atomic E-state index is 0.378. The smallest absolute Gasteiger partial charge is 0.191 e. The normalized spacial score (nSPS) is 18.8. The van der Waals surface area contributed by atoms with Crippen LogP contribution in [0.1, 0.15) is 26.7 Å². The fourth-order valence-corrected chi connectivity index (χ4v) is 2.79. The van der Waals surface area contributed by atoms with Crippen molar-refractivity contribution in [2.75, 3.05) is 36.6 Å². The van der Waals surface area contributed by atoms with Crippen LogP contribution in [0.25, 0.3) is 0 Å². The first-order chi connectivity index (χ1) is 8.54. The molecule has 0 amide bonds. The van der Waals surface area contributed by atoms with Gasteiger partial charge in [-0.25, -0.2) is 9.97 Å². The van der Waals surface area contributed by atoms with Crippen molar-refractivity contribution in [2.24, 2.45) is 5.41 Å². The molecule has 0 radical (unpaired) electrons. The molecule has 0 atom stereocenters. The van der Waals surface area contributed by atoms with E-state index in [1.807, 2.05) is 19.4 Å². The maximum atomic E-state index is 4.63. The molecule has 0 bridgehead atoms. The van der Waals surface area contributed by atoms with Gasteiger partial charge in [-0.3, -0.25) is 0 Å². The molecule has 2 rings (SSSR count). The van der Waals surface area contributed by atoms with Gasteiger partial charge in [-0.1, -0.05) is 25.6 Å². The summed E-state index contributed by atoms with van der Waals surface area (Å²) in [6, 6.07) is 2.04. The number of aromatic nitrogens is 2. The van der Waals surface area contributed by atoms with Crippen molar-refractivity contribution in [3.63, 3.8) is 0 Å². The van der Waals surface area contributed by atoms with Crippen LogP contribution in [0.5, 0.6) is 0 Å². The number of anilines is 2. The number of nitrogens with one attached hydrogen (secondary N) is 1. The van der Waals surface area contributed by atoms with Crippen molar-refractivity contribution in [1.29, 1.82) is 0 Å². The Labute approximate surface area is 114 Å². The topological polar surface area (TPSA) is 41.0 Å². The zero-order valence-corrected chi connectivity index (χ0v) is 12.5. The Morgan fingerprint density at radius 1 is 1.39 bits per heavy atom. The fraction of sp³-hybridized carbons (Fsp3) is 0.692. The molecule has 5 heteroatoms. The van der Waals surface area contributed by atoms with Gasteiger partial charge in [-0.15, -0.1) is 0 Å². The number of hydrogen-bond donors (Lipinski definition) is 1. The lowest BCUT2D eigenvalue weighted by atomic mass is 9.84. The maximum Gasteiger partial charge on any atom is 0.191 e. The number of hydrogen-bond acceptors (Lipinski definition) is 5. The lowest BCUT2D eigenvalue weighted by Gasteiger charge is -2.38. The van der Waals surface area contributed by atoms with E-state index < -0.39 is 0 Å². The maximum absolute atomic E-state index is 4.63. The predicted molar refractivity (Wildman–Crippen MR) is 78.6 cm³/mol. The van der Waals surface area contributed by atoms with Crippen LogP contribution in [0.15, 0.2) is 11.2 Å². The number of piperidine rings is 1. The average molecular weight is 266 g/mol. The SMILES string of the molecule is CNc1cc(N2CCCC(C)(C)C2)nc(SC)n1. The average Bonchev–Trinajstić information content (AvgIpc) is 2.37. The molecule has 1 fully saturated rings. The van der Waals surface area contributed by atoms with Gasteiger partial charge in [0.1, 0.15) is 11.6 Å². The van der Waals surface area contributed by atoms with E-state index in [9.17, 15) is 0 Å². The molecular weight excluding hydrogens is 244 g/mol. The summed E-state index contributed by atoms with van der Waals surface area (Å²) in [5, 5.41) is 3.94. The van der Waals surface area contributed by atoms with E-state index in [-0.39, 0.29) is 0 Å². The van der Waals surface area contributed by atoms with Gasteiger partial charge in [0.05, 0.1) is 0 Å². The van der Waals surface area contributed by atoms with Crippen molar-refractivity contribution < 1.29 is 0 Å². The summed E-state index contributed by atoms with van der Waals surface area (Å²) in [5.74, 6) is 1.94. The van der Waals surface area contributed by atoms with E-state index in [0.717, 1.165) is 29.9 Å². The van der Waals surface area contributed by atoms with E-state index in [2.05, 4.69) is 34.0 Å². The first-order valence-electron chi connectivity index (χ1n) is 6.40. The van der Waals surface area contributed by atoms with Gasteiger partial charge in [0.25, 0.3) is 0 Å². The number of nitrogens with zero attached hydrogens (tertiary/aromatic N) is 3. The molecule has 2 heterocycles. The molecule has 1 N–H and O–H groups in total. The van der Waals surface area contributed by atoms with Crippen LogP contribution < -0.4 is 10.2 Å². The Morgan fingerprint density at radius 3 is 2.78 bits per heavy atom. The molecule has 4 nitrogen and oxygen atoms in total. The van der Waals surface area contributed by atoms with Crippen LogP contribution in [0.4, 0.5) is 11.6 Å². The molecule has 0 saturated carbocycles. The minimum absolute atomic E-state index is 0.378. The second kappa shape index (κ2) is 5.34. The van der Waals surface area contributed by atoms with Crippen LogP contribution in [-0.2, 0) is 0 Å². The predicted octanol–water partition coefficient (Wildman–Crippen LogP) is 2.87. The number of thioether (sulfide) groups is 1. The van der Waals surface area contributed by atoms with Crippen LogP contribution in [0.3, 0.4) is 0 Å². The Bertz CT molecular complexity index is 397. The van der Waals surface area contributed by atoms with Crippen molar-refractivity contribution in [3.05, 3.63) is 6.07 Å². The highest BCUT2D eigenvalue weighted by atomic mass is 32.2. The first-order valence-corrected chi connectivity index (χ1v) is 7.62. The van der Waals surface area contributed by atoms with E-state index in [4.69, 9.17) is 0 Å². The quantitative estimate of drug-likeness (QED) is 0.673. The Kier molecular flexibility index (Phi) is 4.00. The van der Waals surface area contributed by atoms with E-state index in [0.29, 0.717) is 5.41 Å². The van der Waals surface area contributed by atoms with Gasteiger partial charge < -0.3 is 10.2 Å². The molecule has 0 aromatic carbocycles. The molecule has 1 aromatic heterocycles. The number of rotatable bonds is 3. The summed E-state index contributed by atoms with van der Waals surface area (Å²) in [7, 11) is 1.90. The lowest BCUT2D eigenvalue weighted by Crippen LogP contribution is -2.40. The van der Waals surface area contributed by atoms with E-state index >= 15 is 0 Å². The highest BCUT2D eigenvalue weighted by Gasteiger charge is 2.27. The van der Waals surface area contributed by atoms with Gasteiger partial charge in [0.15, 0.2) is 5.16 Å². The Morgan fingerprint density at radius 2 is 2.17 bits per heavy atom. The molecule has 0 unspecified atom stereocenters. The third kappa shape index (κ3) is 3.07. The molecule has 1 aromatic rings. The second-order valence-corrected chi connectivity index (χ2v) is 6.31. The summed E-state index contributed by atoms with van der Waals surface area (Å²) >= 11 is 1.59. The minimum Gasteiger partial charge on any atom is -0.373 e. The molecule has 100 valence electrons. The zero-order chi connectivity index (χ0) is 13.2. The summed E-state index contributed by atoms with van der Waals surface area (Å²) in [6.45, 7) is 6.82. The second-order valence-electron chi connectivity index (χ2n) is 5.54. The van der Waals surface area contributed by atoms with Crippen molar-refractivity contribution in [2.45, 2.75) is 31.8 Å². The highest BCUT2D eigenvalue weighted by molar-refractivity contribution is 7.98. The summed E-state index contributed by atoms with van der Waals surface area (Å²) < 4.78 is 0. The van der Waals surface area contributed by atoms with E-state index in [1.165, 1.54) is 12.8 Å². The zero-order valence-electron chi connectivity index (χ0n) is 11.7. The van der Waals surface area contributed by atoms with Gasteiger partial charge in [-0.2, -0.15) is 0 Å². The molecule has 0 spiro atoms. The van der Waals surface area contributed by atoms with Crippen LogP contribution in [-0.4, -0.2) is 36.4 Å². The van der Waals surface area contributed by atoms with Gasteiger partial charge >= 0.3 is 0 Å². The summed E-state index contributed by atoms with van der Waals surface area (Å²) in [5.41, 5.74) is 0.378. The molecule has 0 aliphatic carbocycles. The van der Waals surface area contributed by atoms with Crippen molar-refractivity contribution in [3.8, 4) is 0 Å². The van der Waals surface area contributed by atoms with Gasteiger partial charge in [0, 0.05) is 26.2 Å². The third-order valence-corrected chi connectivity index (χ3v) is 3.90. The van der Waals surface area contributed by atoms with Crippen LogP contribution in [0.2, 0.25) is 0 Å². The molecule has 1 aliphatic rings. The van der Waals surface area contributed by atoms with Gasteiger partial charge in [-0.05, 0) is 24.5 Å². The van der Waals surface area contributed by atoms with E-state index in [1.54, 1.807) is 11.8 Å². The van der Waals surface area contributed by atoms with Crippen LogP contribution in [0, 0.1) is 5.41 Å². The molecular formula is C13H22N4S. The summed E-state index contributed by atoms with van der Waals surface area (Å²) in [4.78, 5) is 11.4. The lowest BCUT2D eigenvalue weighted by molar-refractivity contribution is 0.292.